The molecule has 1 saturated heterocycles. The van der Waals surface area contributed by atoms with Crippen LogP contribution in [0.15, 0.2) is 35.2 Å². The minimum Gasteiger partial charge on any atom is -0.382 e. The number of aromatic nitrogens is 2. The second-order valence-corrected chi connectivity index (χ2v) is 7.45. The molecule has 23 heavy (non-hydrogen) atoms. The average Bonchev–Trinajstić information content (AvgIpc) is 2.98. The van der Waals surface area contributed by atoms with Crippen LogP contribution in [0.2, 0.25) is 0 Å². The first-order valence-electron chi connectivity index (χ1n) is 7.26. The van der Waals surface area contributed by atoms with Gasteiger partial charge in [-0.2, -0.15) is 9.40 Å². The Morgan fingerprint density at radius 1 is 1.26 bits per heavy atom. The highest BCUT2D eigenvalue weighted by molar-refractivity contribution is 7.89. The number of sulfonamides is 1. The molecule has 3 rings (SSSR count). The molecule has 2 heterocycles. The van der Waals surface area contributed by atoms with Gasteiger partial charge in [0.2, 0.25) is 10.0 Å². The van der Waals surface area contributed by atoms with Gasteiger partial charge in [-0.15, -0.1) is 5.10 Å². The quantitative estimate of drug-likeness (QED) is 0.926. The Labute approximate surface area is 134 Å². The molecule has 1 aromatic carbocycles. The number of nitrogens with zero attached hydrogens (tertiary/aromatic N) is 3. The van der Waals surface area contributed by atoms with Crippen LogP contribution >= 0.6 is 0 Å². The van der Waals surface area contributed by atoms with Crippen LogP contribution in [0.1, 0.15) is 30.1 Å². The molecule has 1 atom stereocenters. The van der Waals surface area contributed by atoms with Crippen LogP contribution in [-0.4, -0.2) is 29.5 Å². The van der Waals surface area contributed by atoms with Gasteiger partial charge in [-0.05, 0) is 49.6 Å². The molecule has 6 nitrogen and oxygen atoms in total. The molecule has 1 aliphatic heterocycles. The van der Waals surface area contributed by atoms with Gasteiger partial charge in [0, 0.05) is 6.54 Å². The molecule has 0 aliphatic carbocycles. The Hall–Kier alpha value is -2.06. The van der Waals surface area contributed by atoms with Gasteiger partial charge >= 0.3 is 0 Å². The lowest BCUT2D eigenvalue weighted by atomic mass is 10.1. The number of benzene rings is 1. The van der Waals surface area contributed by atoms with Crippen molar-refractivity contribution >= 4 is 15.8 Å². The highest BCUT2D eigenvalue weighted by Crippen LogP contribution is 2.36. The van der Waals surface area contributed by atoms with E-state index in [0.29, 0.717) is 30.6 Å². The molecular weight excluding hydrogens is 319 g/mol. The molecule has 2 aromatic rings. The van der Waals surface area contributed by atoms with E-state index >= 15 is 0 Å². The standard InChI is InChI=1S/C15H17FN4O2S/c1-10-4-6-14(11(16)9-10)23(21,22)20-8-2-3-13(20)12-5-7-15(17)19-18-12/h4-7,9,13H,2-3,8H2,1H3,(H2,17,19). The van der Waals surface area contributed by atoms with E-state index in [9.17, 15) is 12.8 Å². The summed E-state index contributed by atoms with van der Waals surface area (Å²) in [4.78, 5) is -0.307. The minimum atomic E-state index is -3.93. The summed E-state index contributed by atoms with van der Waals surface area (Å²) >= 11 is 0. The highest BCUT2D eigenvalue weighted by Gasteiger charge is 2.38. The van der Waals surface area contributed by atoms with Crippen molar-refractivity contribution in [3.8, 4) is 0 Å². The number of nitrogens with two attached hydrogens (primary N) is 1. The van der Waals surface area contributed by atoms with E-state index in [-0.39, 0.29) is 10.7 Å². The summed E-state index contributed by atoms with van der Waals surface area (Å²) in [5.41, 5.74) is 6.71. The number of halogens is 1. The summed E-state index contributed by atoms with van der Waals surface area (Å²) in [5, 5.41) is 7.75. The van der Waals surface area contributed by atoms with Crippen molar-refractivity contribution in [2.45, 2.75) is 30.7 Å². The first-order valence-corrected chi connectivity index (χ1v) is 8.71. The van der Waals surface area contributed by atoms with Gasteiger partial charge in [0.15, 0.2) is 0 Å². The van der Waals surface area contributed by atoms with Crippen molar-refractivity contribution in [2.24, 2.45) is 0 Å². The Kier molecular flexibility index (Phi) is 4.03. The molecule has 122 valence electrons. The van der Waals surface area contributed by atoms with Crippen LogP contribution < -0.4 is 5.73 Å². The fourth-order valence-corrected chi connectivity index (χ4v) is 4.51. The predicted octanol–water partition coefficient (Wildman–Crippen LogP) is 2.03. The van der Waals surface area contributed by atoms with E-state index < -0.39 is 21.9 Å². The normalized spacial score (nSPS) is 19.1. The lowest BCUT2D eigenvalue weighted by molar-refractivity contribution is 0.385. The van der Waals surface area contributed by atoms with Gasteiger partial charge in [-0.3, -0.25) is 0 Å². The lowest BCUT2D eigenvalue weighted by Crippen LogP contribution is -2.31. The van der Waals surface area contributed by atoms with Gasteiger partial charge in [-0.1, -0.05) is 6.07 Å². The fourth-order valence-electron chi connectivity index (χ4n) is 2.80. The predicted molar refractivity (Wildman–Crippen MR) is 83.4 cm³/mol. The maximum atomic E-state index is 14.1. The molecule has 8 heteroatoms. The van der Waals surface area contributed by atoms with Crippen LogP contribution in [0.5, 0.6) is 0 Å². The summed E-state index contributed by atoms with van der Waals surface area (Å²) in [6.07, 6.45) is 1.30. The maximum Gasteiger partial charge on any atom is 0.246 e. The maximum absolute atomic E-state index is 14.1. The van der Waals surface area contributed by atoms with Crippen molar-refractivity contribution in [1.82, 2.24) is 14.5 Å². The molecule has 0 amide bonds. The summed E-state index contributed by atoms with van der Waals surface area (Å²) in [5.74, 6) is -0.468. The summed E-state index contributed by atoms with van der Waals surface area (Å²) in [7, 11) is -3.93. The molecule has 2 N–H and O–H groups in total. The van der Waals surface area contributed by atoms with Crippen molar-refractivity contribution < 1.29 is 12.8 Å². The molecule has 1 fully saturated rings. The second-order valence-electron chi connectivity index (χ2n) is 5.59. The van der Waals surface area contributed by atoms with Crippen LogP contribution in [-0.2, 0) is 10.0 Å². The smallest absolute Gasteiger partial charge is 0.246 e. The molecular formula is C15H17FN4O2S. The Morgan fingerprint density at radius 3 is 2.70 bits per heavy atom. The van der Waals surface area contributed by atoms with E-state index in [1.807, 2.05) is 0 Å². The number of hydrogen-bond donors (Lipinski definition) is 1. The SMILES string of the molecule is Cc1ccc(S(=O)(=O)N2CCCC2c2ccc(N)nn2)c(F)c1. The van der Waals surface area contributed by atoms with Crippen molar-refractivity contribution in [1.29, 1.82) is 0 Å². The van der Waals surface area contributed by atoms with E-state index in [1.165, 1.54) is 16.4 Å². The molecule has 0 radical (unpaired) electrons. The fraction of sp³-hybridized carbons (Fsp3) is 0.333. The van der Waals surface area contributed by atoms with Crippen LogP contribution in [0, 0.1) is 12.7 Å². The Balaban J connectivity index is 1.99. The number of aryl methyl sites for hydroxylation is 1. The molecule has 0 bridgehead atoms. The first-order chi connectivity index (χ1) is 10.9. The summed E-state index contributed by atoms with van der Waals surface area (Å²) in [6, 6.07) is 6.91. The van der Waals surface area contributed by atoms with Crippen molar-refractivity contribution in [2.75, 3.05) is 12.3 Å². The zero-order valence-corrected chi connectivity index (χ0v) is 13.4. The van der Waals surface area contributed by atoms with Crippen molar-refractivity contribution in [3.63, 3.8) is 0 Å². The monoisotopic (exact) mass is 336 g/mol. The lowest BCUT2D eigenvalue weighted by Gasteiger charge is -2.23. The minimum absolute atomic E-state index is 0.269. The average molecular weight is 336 g/mol. The van der Waals surface area contributed by atoms with E-state index in [4.69, 9.17) is 5.73 Å². The van der Waals surface area contributed by atoms with Crippen LogP contribution in [0.25, 0.3) is 0 Å². The molecule has 0 saturated carbocycles. The highest BCUT2D eigenvalue weighted by atomic mass is 32.2. The summed E-state index contributed by atoms with van der Waals surface area (Å²) in [6.45, 7) is 2.04. The summed E-state index contributed by atoms with van der Waals surface area (Å²) < 4.78 is 41.1. The molecule has 1 aliphatic rings. The van der Waals surface area contributed by atoms with Crippen LogP contribution in [0.3, 0.4) is 0 Å². The van der Waals surface area contributed by atoms with E-state index in [1.54, 1.807) is 25.1 Å². The van der Waals surface area contributed by atoms with Crippen LogP contribution in [0.4, 0.5) is 10.2 Å². The third kappa shape index (κ3) is 2.91. The zero-order chi connectivity index (χ0) is 16.6. The number of anilines is 1. The van der Waals surface area contributed by atoms with Crippen molar-refractivity contribution in [3.05, 3.63) is 47.4 Å². The molecule has 0 spiro atoms. The number of hydrogen-bond acceptors (Lipinski definition) is 5. The third-order valence-corrected chi connectivity index (χ3v) is 5.87. The van der Waals surface area contributed by atoms with E-state index in [2.05, 4.69) is 10.2 Å². The Morgan fingerprint density at radius 2 is 2.04 bits per heavy atom. The Bertz CT molecular complexity index is 824. The second kappa shape index (κ2) is 5.86. The van der Waals surface area contributed by atoms with Gasteiger partial charge in [0.1, 0.15) is 16.5 Å². The number of nitrogen functional groups attached to an aromatic ring is 1. The first kappa shape index (κ1) is 15.8. The molecule has 1 unspecified atom stereocenters. The topological polar surface area (TPSA) is 89.2 Å². The number of rotatable bonds is 3. The van der Waals surface area contributed by atoms with Gasteiger partial charge in [-0.25, -0.2) is 12.8 Å². The zero-order valence-electron chi connectivity index (χ0n) is 12.6. The van der Waals surface area contributed by atoms with Gasteiger partial charge in [0.25, 0.3) is 0 Å². The largest absolute Gasteiger partial charge is 0.382 e. The molecule has 1 aromatic heterocycles. The van der Waals surface area contributed by atoms with Gasteiger partial charge < -0.3 is 5.73 Å². The van der Waals surface area contributed by atoms with Gasteiger partial charge in [0.05, 0.1) is 11.7 Å². The third-order valence-electron chi connectivity index (χ3n) is 3.92. The van der Waals surface area contributed by atoms with E-state index in [0.717, 1.165) is 0 Å².